The van der Waals surface area contributed by atoms with Crippen LogP contribution in [0.1, 0.15) is 12.0 Å². The van der Waals surface area contributed by atoms with E-state index in [9.17, 15) is 0 Å². The molecule has 19 heavy (non-hydrogen) atoms. The molecule has 0 amide bonds. The van der Waals surface area contributed by atoms with Crippen molar-refractivity contribution in [2.45, 2.75) is 23.0 Å². The van der Waals surface area contributed by atoms with Gasteiger partial charge in [-0.05, 0) is 37.6 Å². The summed E-state index contributed by atoms with van der Waals surface area (Å²) in [4.78, 5) is 1.47. The van der Waals surface area contributed by atoms with Crippen molar-refractivity contribution in [1.29, 1.82) is 0 Å². The van der Waals surface area contributed by atoms with Crippen LogP contribution >= 0.6 is 11.8 Å². The van der Waals surface area contributed by atoms with Crippen molar-refractivity contribution in [3.63, 3.8) is 0 Å². The van der Waals surface area contributed by atoms with Gasteiger partial charge in [-0.1, -0.05) is 18.2 Å². The number of nitrogens with one attached hydrogen (secondary N) is 2. The molecule has 1 aromatic rings. The number of thioether (sulfide) groups is 1. The van der Waals surface area contributed by atoms with Crippen LogP contribution < -0.4 is 10.6 Å². The van der Waals surface area contributed by atoms with Gasteiger partial charge in [0.15, 0.2) is 0 Å². The fraction of sp³-hybridized carbons (Fsp3) is 0.600. The van der Waals surface area contributed by atoms with Gasteiger partial charge in [-0.25, -0.2) is 0 Å². The molecule has 1 unspecified atom stereocenters. The molecule has 3 nitrogen and oxygen atoms in total. The van der Waals surface area contributed by atoms with Crippen molar-refractivity contribution in [1.82, 2.24) is 10.6 Å². The summed E-state index contributed by atoms with van der Waals surface area (Å²) in [5.74, 6) is 0. The zero-order chi connectivity index (χ0) is 13.3. The monoisotopic (exact) mass is 280 g/mol. The fourth-order valence-electron chi connectivity index (χ4n) is 2.27. The Hall–Kier alpha value is -0.550. The van der Waals surface area contributed by atoms with Crippen LogP contribution in [-0.2, 0) is 11.2 Å². The Labute approximate surface area is 120 Å². The van der Waals surface area contributed by atoms with Crippen LogP contribution in [0, 0.1) is 0 Å². The average Bonchev–Trinajstić information content (AvgIpc) is 2.84. The van der Waals surface area contributed by atoms with E-state index in [2.05, 4.69) is 34.9 Å². The van der Waals surface area contributed by atoms with E-state index < -0.39 is 0 Å². The highest BCUT2D eigenvalue weighted by Gasteiger charge is 2.20. The zero-order valence-corrected chi connectivity index (χ0v) is 12.5. The first-order chi connectivity index (χ1) is 9.40. The van der Waals surface area contributed by atoms with Gasteiger partial charge in [0.25, 0.3) is 0 Å². The van der Waals surface area contributed by atoms with Crippen LogP contribution in [0.15, 0.2) is 29.2 Å². The first-order valence-corrected chi connectivity index (χ1v) is 7.93. The van der Waals surface area contributed by atoms with Crippen molar-refractivity contribution in [3.8, 4) is 0 Å². The summed E-state index contributed by atoms with van der Waals surface area (Å²) in [5, 5.41) is 7.63. The Morgan fingerprint density at radius 2 is 2.05 bits per heavy atom. The SMILES string of the molecule is COCCNCCCNCC1Cc2ccccc2S1. The molecule has 2 rings (SSSR count). The molecule has 1 aliphatic heterocycles. The minimum absolute atomic E-state index is 0.707. The molecular weight excluding hydrogens is 256 g/mol. The molecule has 0 spiro atoms. The third-order valence-corrected chi connectivity index (χ3v) is 4.59. The van der Waals surface area contributed by atoms with Crippen LogP contribution in [0.5, 0.6) is 0 Å². The third kappa shape index (κ3) is 5.15. The predicted octanol–water partition coefficient (Wildman–Crippen LogP) is 1.92. The lowest BCUT2D eigenvalue weighted by Gasteiger charge is -2.10. The van der Waals surface area contributed by atoms with Crippen LogP contribution in [0.2, 0.25) is 0 Å². The van der Waals surface area contributed by atoms with E-state index in [4.69, 9.17) is 4.74 Å². The maximum absolute atomic E-state index is 4.99. The van der Waals surface area contributed by atoms with Gasteiger partial charge in [-0.15, -0.1) is 11.8 Å². The standard InChI is InChI=1S/C15H24N2OS/c1-18-10-9-16-7-4-8-17-12-14-11-13-5-2-3-6-15(13)19-14/h2-3,5-6,14,16-17H,4,7-12H2,1H3. The topological polar surface area (TPSA) is 33.3 Å². The van der Waals surface area contributed by atoms with Crippen LogP contribution in [0.3, 0.4) is 0 Å². The quantitative estimate of drug-likeness (QED) is 0.677. The second kappa shape index (κ2) is 8.59. The summed E-state index contributed by atoms with van der Waals surface area (Å²) in [6.07, 6.45) is 2.38. The van der Waals surface area contributed by atoms with E-state index in [1.807, 2.05) is 11.8 Å². The van der Waals surface area contributed by atoms with Gasteiger partial charge in [0.2, 0.25) is 0 Å². The number of methoxy groups -OCH3 is 1. The molecule has 1 aromatic carbocycles. The van der Waals surface area contributed by atoms with Gasteiger partial charge in [0.05, 0.1) is 6.61 Å². The van der Waals surface area contributed by atoms with Gasteiger partial charge in [0, 0.05) is 30.3 Å². The minimum atomic E-state index is 0.707. The molecule has 0 saturated heterocycles. The molecule has 0 fully saturated rings. The Morgan fingerprint density at radius 3 is 2.89 bits per heavy atom. The van der Waals surface area contributed by atoms with Crippen molar-refractivity contribution >= 4 is 11.8 Å². The second-order valence-electron chi connectivity index (χ2n) is 4.85. The second-order valence-corrected chi connectivity index (χ2v) is 6.19. The van der Waals surface area contributed by atoms with Gasteiger partial charge in [0.1, 0.15) is 0 Å². The number of rotatable bonds is 9. The number of fused-ring (bicyclic) bond motifs is 1. The van der Waals surface area contributed by atoms with E-state index in [1.165, 1.54) is 23.3 Å². The van der Waals surface area contributed by atoms with Gasteiger partial charge in [-0.3, -0.25) is 0 Å². The van der Waals surface area contributed by atoms with Crippen molar-refractivity contribution < 1.29 is 4.74 Å². The van der Waals surface area contributed by atoms with E-state index in [0.29, 0.717) is 5.25 Å². The molecule has 0 aliphatic carbocycles. The van der Waals surface area contributed by atoms with Crippen molar-refractivity contribution in [3.05, 3.63) is 29.8 Å². The average molecular weight is 280 g/mol. The van der Waals surface area contributed by atoms with E-state index in [-0.39, 0.29) is 0 Å². The first-order valence-electron chi connectivity index (χ1n) is 7.05. The zero-order valence-electron chi connectivity index (χ0n) is 11.7. The molecular formula is C15H24N2OS. The maximum Gasteiger partial charge on any atom is 0.0587 e. The molecule has 106 valence electrons. The smallest absolute Gasteiger partial charge is 0.0587 e. The maximum atomic E-state index is 4.99. The Morgan fingerprint density at radius 1 is 1.21 bits per heavy atom. The molecule has 0 saturated carbocycles. The van der Waals surface area contributed by atoms with E-state index in [1.54, 1.807) is 7.11 Å². The first kappa shape index (κ1) is 14.9. The normalized spacial score (nSPS) is 17.6. The molecule has 0 bridgehead atoms. The molecule has 0 aromatic heterocycles. The summed E-state index contributed by atoms with van der Waals surface area (Å²) in [6, 6.07) is 8.76. The number of ether oxygens (including phenoxy) is 1. The highest BCUT2D eigenvalue weighted by atomic mass is 32.2. The molecule has 1 heterocycles. The molecule has 2 N–H and O–H groups in total. The van der Waals surface area contributed by atoms with Crippen LogP contribution in [-0.4, -0.2) is 45.1 Å². The molecule has 4 heteroatoms. The summed E-state index contributed by atoms with van der Waals surface area (Å²) < 4.78 is 4.99. The van der Waals surface area contributed by atoms with E-state index in [0.717, 1.165) is 32.8 Å². The fourth-order valence-corrected chi connectivity index (χ4v) is 3.55. The predicted molar refractivity (Wildman–Crippen MR) is 82.0 cm³/mol. The minimum Gasteiger partial charge on any atom is -0.383 e. The van der Waals surface area contributed by atoms with Gasteiger partial charge in [-0.2, -0.15) is 0 Å². The van der Waals surface area contributed by atoms with Crippen molar-refractivity contribution in [2.75, 3.05) is 39.9 Å². The third-order valence-electron chi connectivity index (χ3n) is 3.28. The number of hydrogen-bond acceptors (Lipinski definition) is 4. The Balaban J connectivity index is 1.49. The lowest BCUT2D eigenvalue weighted by Crippen LogP contribution is -2.28. The summed E-state index contributed by atoms with van der Waals surface area (Å²) in [6.45, 7) is 5.01. The molecule has 1 aliphatic rings. The number of hydrogen-bond donors (Lipinski definition) is 2. The van der Waals surface area contributed by atoms with Crippen LogP contribution in [0.4, 0.5) is 0 Å². The lowest BCUT2D eigenvalue weighted by atomic mass is 10.1. The van der Waals surface area contributed by atoms with Gasteiger partial charge >= 0.3 is 0 Å². The van der Waals surface area contributed by atoms with Crippen LogP contribution in [0.25, 0.3) is 0 Å². The Bertz CT molecular complexity index is 348. The molecule has 1 atom stereocenters. The number of benzene rings is 1. The lowest BCUT2D eigenvalue weighted by molar-refractivity contribution is 0.199. The highest BCUT2D eigenvalue weighted by Crippen LogP contribution is 2.36. The summed E-state index contributed by atoms with van der Waals surface area (Å²) in [5.41, 5.74) is 1.51. The van der Waals surface area contributed by atoms with E-state index >= 15 is 0 Å². The summed E-state index contributed by atoms with van der Waals surface area (Å²) in [7, 11) is 1.74. The largest absolute Gasteiger partial charge is 0.383 e. The highest BCUT2D eigenvalue weighted by molar-refractivity contribution is 8.00. The Kier molecular flexibility index (Phi) is 6.71. The van der Waals surface area contributed by atoms with Crippen molar-refractivity contribution in [2.24, 2.45) is 0 Å². The summed E-state index contributed by atoms with van der Waals surface area (Å²) >= 11 is 2.02. The van der Waals surface area contributed by atoms with Gasteiger partial charge < -0.3 is 15.4 Å². The molecule has 0 radical (unpaired) electrons.